The quantitative estimate of drug-likeness (QED) is 0.555. The van der Waals surface area contributed by atoms with E-state index in [0.717, 1.165) is 25.9 Å². The van der Waals surface area contributed by atoms with Crippen LogP contribution in [-0.2, 0) is 0 Å². The van der Waals surface area contributed by atoms with E-state index in [1.807, 2.05) is 0 Å². The second kappa shape index (κ2) is 5.07. The van der Waals surface area contributed by atoms with Gasteiger partial charge < -0.3 is 21.1 Å². The minimum absolute atomic E-state index is 0.0728. The van der Waals surface area contributed by atoms with Crippen LogP contribution in [0.4, 0.5) is 0 Å². The monoisotopic (exact) mass is 201 g/mol. The Morgan fingerprint density at radius 1 is 1.64 bits per heavy atom. The van der Waals surface area contributed by atoms with E-state index in [0.29, 0.717) is 12.6 Å². The Balaban J connectivity index is 2.45. The second-order valence-electron chi connectivity index (χ2n) is 4.53. The Morgan fingerprint density at radius 3 is 2.79 bits per heavy atom. The van der Waals surface area contributed by atoms with Gasteiger partial charge in [-0.15, -0.1) is 0 Å². The molecule has 0 aromatic carbocycles. The molecule has 1 heterocycles. The van der Waals surface area contributed by atoms with Gasteiger partial charge in [-0.3, -0.25) is 0 Å². The van der Waals surface area contributed by atoms with Crippen LogP contribution in [0.25, 0.3) is 0 Å². The summed E-state index contributed by atoms with van der Waals surface area (Å²) < 4.78 is 0. The van der Waals surface area contributed by atoms with Gasteiger partial charge in [-0.05, 0) is 33.4 Å². The van der Waals surface area contributed by atoms with Gasteiger partial charge in [-0.1, -0.05) is 0 Å². The van der Waals surface area contributed by atoms with Gasteiger partial charge in [0.05, 0.1) is 0 Å². The third-order valence-corrected chi connectivity index (χ3v) is 3.05. The number of likely N-dealkylation sites (tertiary alicyclic amines) is 1. The Morgan fingerprint density at radius 2 is 2.36 bits per heavy atom. The smallest absolute Gasteiger partial charge is 0.0446 e. The summed E-state index contributed by atoms with van der Waals surface area (Å²) in [7, 11) is 2.12. The predicted octanol–water partition coefficient (Wildman–Crippen LogP) is -0.620. The zero-order valence-corrected chi connectivity index (χ0v) is 9.29. The Labute approximate surface area is 86.5 Å². The molecule has 0 saturated carbocycles. The number of nitrogens with two attached hydrogens (primary N) is 1. The van der Waals surface area contributed by atoms with E-state index < -0.39 is 0 Å². The first-order chi connectivity index (χ1) is 6.62. The number of nitrogens with zero attached hydrogens (tertiary/aromatic N) is 1. The van der Waals surface area contributed by atoms with Crippen molar-refractivity contribution < 1.29 is 5.11 Å². The molecule has 1 aliphatic rings. The van der Waals surface area contributed by atoms with E-state index in [9.17, 15) is 0 Å². The molecule has 0 aliphatic carbocycles. The molecular formula is C10H23N3O. The maximum absolute atomic E-state index is 8.84. The largest absolute Gasteiger partial charge is 0.396 e. The predicted molar refractivity (Wildman–Crippen MR) is 58.2 cm³/mol. The average molecular weight is 201 g/mol. The normalized spacial score (nSPS) is 30.9. The van der Waals surface area contributed by atoms with E-state index in [2.05, 4.69) is 24.2 Å². The molecule has 4 nitrogen and oxygen atoms in total. The summed E-state index contributed by atoms with van der Waals surface area (Å²) in [5.74, 6) is 0. The lowest BCUT2D eigenvalue weighted by molar-refractivity contribution is 0.236. The van der Waals surface area contributed by atoms with Crippen LogP contribution < -0.4 is 11.1 Å². The van der Waals surface area contributed by atoms with Crippen molar-refractivity contribution in [3.63, 3.8) is 0 Å². The molecular weight excluding hydrogens is 178 g/mol. The summed E-state index contributed by atoms with van der Waals surface area (Å²) in [5, 5.41) is 12.4. The van der Waals surface area contributed by atoms with Crippen LogP contribution >= 0.6 is 0 Å². The van der Waals surface area contributed by atoms with Gasteiger partial charge in [0, 0.05) is 31.3 Å². The van der Waals surface area contributed by atoms with Crippen LogP contribution in [0.5, 0.6) is 0 Å². The maximum atomic E-state index is 8.84. The first kappa shape index (κ1) is 11.9. The highest BCUT2D eigenvalue weighted by Crippen LogP contribution is 2.19. The van der Waals surface area contributed by atoms with Gasteiger partial charge in [0.1, 0.15) is 0 Å². The van der Waals surface area contributed by atoms with Crippen LogP contribution in [0, 0.1) is 0 Å². The van der Waals surface area contributed by atoms with Crippen molar-refractivity contribution >= 4 is 0 Å². The van der Waals surface area contributed by atoms with Crippen LogP contribution in [0.1, 0.15) is 19.8 Å². The molecule has 0 spiro atoms. The topological polar surface area (TPSA) is 61.5 Å². The Bertz CT molecular complexity index is 177. The van der Waals surface area contributed by atoms with Crippen molar-refractivity contribution in [2.24, 2.45) is 5.73 Å². The second-order valence-corrected chi connectivity index (χ2v) is 4.53. The highest BCUT2D eigenvalue weighted by molar-refractivity contribution is 4.98. The fourth-order valence-corrected chi connectivity index (χ4v) is 2.21. The van der Waals surface area contributed by atoms with Gasteiger partial charge in [0.15, 0.2) is 0 Å². The molecule has 1 aliphatic heterocycles. The third kappa shape index (κ3) is 2.92. The number of likely N-dealkylation sites (N-methyl/N-ethyl adjacent to an activating group) is 1. The number of aliphatic hydroxyl groups excluding tert-OH is 1. The van der Waals surface area contributed by atoms with Crippen molar-refractivity contribution in [2.45, 2.75) is 31.3 Å². The molecule has 0 amide bonds. The minimum atomic E-state index is 0.0728. The number of aliphatic hydroxyl groups is 1. The molecule has 0 bridgehead atoms. The highest BCUT2D eigenvalue weighted by Gasteiger charge is 2.35. The van der Waals surface area contributed by atoms with E-state index in [1.165, 1.54) is 0 Å². The fraction of sp³-hybridized carbons (Fsp3) is 1.00. The SMILES string of the molecule is CC(CCO)NC1(CN)CCN(C)C1. The van der Waals surface area contributed by atoms with Gasteiger partial charge >= 0.3 is 0 Å². The summed E-state index contributed by atoms with van der Waals surface area (Å²) in [6.07, 6.45) is 1.90. The van der Waals surface area contributed by atoms with Crippen molar-refractivity contribution in [1.82, 2.24) is 10.2 Å². The summed E-state index contributed by atoms with van der Waals surface area (Å²) in [6.45, 7) is 5.14. The first-order valence-corrected chi connectivity index (χ1v) is 5.39. The molecule has 0 radical (unpaired) electrons. The molecule has 2 unspecified atom stereocenters. The van der Waals surface area contributed by atoms with Crippen molar-refractivity contribution in [1.29, 1.82) is 0 Å². The fourth-order valence-electron chi connectivity index (χ4n) is 2.21. The lowest BCUT2D eigenvalue weighted by atomic mass is 9.97. The van der Waals surface area contributed by atoms with Crippen molar-refractivity contribution in [3.05, 3.63) is 0 Å². The standard InChI is InChI=1S/C10H23N3O/c1-9(3-6-14)12-10(7-11)4-5-13(2)8-10/h9,12,14H,3-8,11H2,1-2H3. The van der Waals surface area contributed by atoms with E-state index in [1.54, 1.807) is 0 Å². The zero-order chi connectivity index (χ0) is 10.6. The maximum Gasteiger partial charge on any atom is 0.0446 e. The minimum Gasteiger partial charge on any atom is -0.396 e. The Hall–Kier alpha value is -0.160. The zero-order valence-electron chi connectivity index (χ0n) is 9.29. The van der Waals surface area contributed by atoms with Crippen LogP contribution in [0.3, 0.4) is 0 Å². The summed E-state index contributed by atoms with van der Waals surface area (Å²) >= 11 is 0. The van der Waals surface area contributed by atoms with E-state index >= 15 is 0 Å². The third-order valence-electron chi connectivity index (χ3n) is 3.05. The van der Waals surface area contributed by atoms with Crippen molar-refractivity contribution in [3.8, 4) is 0 Å². The molecule has 1 saturated heterocycles. The molecule has 4 N–H and O–H groups in total. The van der Waals surface area contributed by atoms with E-state index in [4.69, 9.17) is 10.8 Å². The molecule has 1 rings (SSSR count). The molecule has 2 atom stereocenters. The lowest BCUT2D eigenvalue weighted by Gasteiger charge is -2.32. The summed E-state index contributed by atoms with van der Waals surface area (Å²) in [5.41, 5.74) is 5.90. The number of nitrogens with one attached hydrogen (secondary N) is 1. The molecule has 4 heteroatoms. The molecule has 0 aromatic rings. The highest BCUT2D eigenvalue weighted by atomic mass is 16.3. The summed E-state index contributed by atoms with van der Waals surface area (Å²) in [6, 6.07) is 0.343. The van der Waals surface area contributed by atoms with E-state index in [-0.39, 0.29) is 12.1 Å². The Kier molecular flexibility index (Phi) is 4.31. The van der Waals surface area contributed by atoms with Crippen LogP contribution in [-0.4, -0.2) is 54.9 Å². The number of rotatable bonds is 5. The van der Waals surface area contributed by atoms with Crippen LogP contribution in [0.15, 0.2) is 0 Å². The van der Waals surface area contributed by atoms with Crippen LogP contribution in [0.2, 0.25) is 0 Å². The average Bonchev–Trinajstić information content (AvgIpc) is 2.48. The molecule has 84 valence electrons. The molecule has 0 aromatic heterocycles. The number of hydrogen-bond donors (Lipinski definition) is 3. The van der Waals surface area contributed by atoms with Gasteiger partial charge in [0.2, 0.25) is 0 Å². The number of hydrogen-bond acceptors (Lipinski definition) is 4. The van der Waals surface area contributed by atoms with Gasteiger partial charge in [-0.2, -0.15) is 0 Å². The molecule has 1 fully saturated rings. The lowest BCUT2D eigenvalue weighted by Crippen LogP contribution is -2.56. The summed E-state index contributed by atoms with van der Waals surface area (Å²) in [4.78, 5) is 2.30. The molecule has 14 heavy (non-hydrogen) atoms. The van der Waals surface area contributed by atoms with Crippen molar-refractivity contribution in [2.75, 3.05) is 33.3 Å². The first-order valence-electron chi connectivity index (χ1n) is 5.39. The van der Waals surface area contributed by atoms with Gasteiger partial charge in [0.25, 0.3) is 0 Å². The van der Waals surface area contributed by atoms with Gasteiger partial charge in [-0.25, -0.2) is 0 Å².